The SMILES string of the molecule is COc1c(-c2ccnn2C)cc(Cl)cc1C(C)Nc1ncnc2[nH]cnc12. The Hall–Kier alpha value is -3.13. The number of aromatic nitrogens is 6. The van der Waals surface area contributed by atoms with Gasteiger partial charge in [0.25, 0.3) is 0 Å². The minimum absolute atomic E-state index is 0.138. The predicted molar refractivity (Wildman–Crippen MR) is 104 cm³/mol. The number of methoxy groups -OCH3 is 1. The van der Waals surface area contributed by atoms with Crippen molar-refractivity contribution in [2.45, 2.75) is 13.0 Å². The minimum atomic E-state index is -0.138. The number of halogens is 1. The molecule has 2 N–H and O–H groups in total. The zero-order valence-corrected chi connectivity index (χ0v) is 15.8. The van der Waals surface area contributed by atoms with Crippen LogP contribution in [-0.4, -0.2) is 36.8 Å². The van der Waals surface area contributed by atoms with Crippen LogP contribution in [0.1, 0.15) is 18.5 Å². The third-order valence-electron chi connectivity index (χ3n) is 4.42. The first-order valence-electron chi connectivity index (χ1n) is 8.35. The number of aromatic amines is 1. The second-order valence-corrected chi connectivity index (χ2v) is 6.54. The van der Waals surface area contributed by atoms with Crippen molar-refractivity contribution in [1.29, 1.82) is 0 Å². The lowest BCUT2D eigenvalue weighted by molar-refractivity contribution is 0.409. The third kappa shape index (κ3) is 3.08. The molecule has 0 amide bonds. The largest absolute Gasteiger partial charge is 0.496 e. The number of H-pyrrole nitrogens is 1. The van der Waals surface area contributed by atoms with Crippen molar-refractivity contribution in [2.24, 2.45) is 7.05 Å². The number of ether oxygens (including phenoxy) is 1. The van der Waals surface area contributed by atoms with Crippen molar-refractivity contribution < 1.29 is 4.74 Å². The average molecular weight is 384 g/mol. The fraction of sp³-hybridized carbons (Fsp3) is 0.222. The number of hydrogen-bond donors (Lipinski definition) is 2. The molecule has 27 heavy (non-hydrogen) atoms. The zero-order chi connectivity index (χ0) is 19.0. The molecule has 0 bridgehead atoms. The molecule has 0 fully saturated rings. The smallest absolute Gasteiger partial charge is 0.162 e. The molecular weight excluding hydrogens is 366 g/mol. The molecule has 0 saturated carbocycles. The molecule has 0 saturated heterocycles. The van der Waals surface area contributed by atoms with Gasteiger partial charge >= 0.3 is 0 Å². The van der Waals surface area contributed by atoms with E-state index in [1.165, 1.54) is 6.33 Å². The maximum atomic E-state index is 6.42. The molecule has 138 valence electrons. The molecule has 3 heterocycles. The van der Waals surface area contributed by atoms with Crippen molar-refractivity contribution in [3.05, 3.63) is 47.6 Å². The van der Waals surface area contributed by atoms with Crippen LogP contribution in [0.4, 0.5) is 5.82 Å². The van der Waals surface area contributed by atoms with E-state index in [0.29, 0.717) is 22.0 Å². The van der Waals surface area contributed by atoms with Crippen molar-refractivity contribution >= 4 is 28.6 Å². The Morgan fingerprint density at radius 2 is 2.11 bits per heavy atom. The average Bonchev–Trinajstić information content (AvgIpc) is 3.30. The van der Waals surface area contributed by atoms with E-state index in [2.05, 4.69) is 30.4 Å². The highest BCUT2D eigenvalue weighted by molar-refractivity contribution is 6.31. The van der Waals surface area contributed by atoms with E-state index in [1.807, 2.05) is 32.2 Å². The minimum Gasteiger partial charge on any atom is -0.496 e. The summed E-state index contributed by atoms with van der Waals surface area (Å²) in [5.41, 5.74) is 4.05. The molecule has 1 unspecified atom stereocenters. The summed E-state index contributed by atoms with van der Waals surface area (Å²) in [7, 11) is 3.53. The molecule has 0 aliphatic heterocycles. The Kier molecular flexibility index (Phi) is 4.41. The van der Waals surface area contributed by atoms with E-state index < -0.39 is 0 Å². The molecular formula is C18H18ClN7O. The molecule has 0 aliphatic carbocycles. The van der Waals surface area contributed by atoms with Gasteiger partial charge in [-0.2, -0.15) is 5.10 Å². The lowest BCUT2D eigenvalue weighted by Crippen LogP contribution is -2.11. The fourth-order valence-corrected chi connectivity index (χ4v) is 3.37. The number of nitrogens with one attached hydrogen (secondary N) is 2. The van der Waals surface area contributed by atoms with Crippen molar-refractivity contribution in [2.75, 3.05) is 12.4 Å². The molecule has 1 atom stereocenters. The molecule has 3 aromatic heterocycles. The molecule has 8 nitrogen and oxygen atoms in total. The van der Waals surface area contributed by atoms with Crippen LogP contribution in [0, 0.1) is 0 Å². The van der Waals surface area contributed by atoms with E-state index in [-0.39, 0.29) is 6.04 Å². The molecule has 0 aliphatic rings. The number of nitrogens with zero attached hydrogens (tertiary/aromatic N) is 5. The maximum Gasteiger partial charge on any atom is 0.162 e. The van der Waals surface area contributed by atoms with E-state index in [0.717, 1.165) is 22.6 Å². The summed E-state index contributed by atoms with van der Waals surface area (Å²) in [4.78, 5) is 15.7. The van der Waals surface area contributed by atoms with Gasteiger partial charge < -0.3 is 15.0 Å². The number of anilines is 1. The summed E-state index contributed by atoms with van der Waals surface area (Å²) in [6, 6.07) is 5.55. The Morgan fingerprint density at radius 1 is 1.26 bits per heavy atom. The third-order valence-corrected chi connectivity index (χ3v) is 4.64. The number of rotatable bonds is 5. The van der Waals surface area contributed by atoms with Crippen LogP contribution in [0.25, 0.3) is 22.4 Å². The van der Waals surface area contributed by atoms with Crippen molar-refractivity contribution in [3.63, 3.8) is 0 Å². The van der Waals surface area contributed by atoms with Crippen molar-refractivity contribution in [3.8, 4) is 17.0 Å². The van der Waals surface area contributed by atoms with Crippen LogP contribution in [-0.2, 0) is 7.05 Å². The first-order valence-corrected chi connectivity index (χ1v) is 8.72. The topological polar surface area (TPSA) is 93.5 Å². The highest BCUT2D eigenvalue weighted by Gasteiger charge is 2.20. The highest BCUT2D eigenvalue weighted by Crippen LogP contribution is 2.39. The Labute approximate surface area is 160 Å². The monoisotopic (exact) mass is 383 g/mol. The Morgan fingerprint density at radius 3 is 2.85 bits per heavy atom. The van der Waals surface area contributed by atoms with Gasteiger partial charge in [0.2, 0.25) is 0 Å². The van der Waals surface area contributed by atoms with Crippen molar-refractivity contribution in [1.82, 2.24) is 29.7 Å². The van der Waals surface area contributed by atoms with Crippen LogP contribution in [0.3, 0.4) is 0 Å². The molecule has 4 rings (SSSR count). The normalized spacial score (nSPS) is 12.3. The van der Waals surface area contributed by atoms with E-state index >= 15 is 0 Å². The standard InChI is InChI=1S/C18H18ClN7O/c1-10(25-18-15-17(21-8-20-15)22-9-23-18)12-6-11(19)7-13(16(12)27-3)14-4-5-24-26(14)2/h4-10H,1-3H3,(H2,20,21,22,23,25). The lowest BCUT2D eigenvalue weighted by atomic mass is 10.0. The maximum absolute atomic E-state index is 6.42. The van der Waals surface area contributed by atoms with E-state index in [4.69, 9.17) is 16.3 Å². The van der Waals surface area contributed by atoms with Crippen LogP contribution in [0.5, 0.6) is 5.75 Å². The second kappa shape index (κ2) is 6.88. The number of imidazole rings is 1. The van der Waals surface area contributed by atoms with Gasteiger partial charge in [-0.3, -0.25) is 4.68 Å². The lowest BCUT2D eigenvalue weighted by Gasteiger charge is -2.21. The summed E-state index contributed by atoms with van der Waals surface area (Å²) in [6.07, 6.45) is 4.83. The van der Waals surface area contributed by atoms with Crippen LogP contribution >= 0.6 is 11.6 Å². The highest BCUT2D eigenvalue weighted by atomic mass is 35.5. The van der Waals surface area contributed by atoms with Gasteiger partial charge in [0.05, 0.1) is 25.2 Å². The van der Waals surface area contributed by atoms with Gasteiger partial charge in [-0.1, -0.05) is 11.6 Å². The van der Waals surface area contributed by atoms with Crippen LogP contribution in [0.2, 0.25) is 5.02 Å². The quantitative estimate of drug-likeness (QED) is 0.547. The summed E-state index contributed by atoms with van der Waals surface area (Å²) in [5, 5.41) is 8.24. The van der Waals surface area contributed by atoms with Gasteiger partial charge in [0, 0.05) is 29.4 Å². The molecule has 4 aromatic rings. The van der Waals surface area contributed by atoms with E-state index in [1.54, 1.807) is 24.3 Å². The fourth-order valence-electron chi connectivity index (χ4n) is 3.15. The Bertz CT molecular complexity index is 1100. The second-order valence-electron chi connectivity index (χ2n) is 6.10. The summed E-state index contributed by atoms with van der Waals surface area (Å²) < 4.78 is 7.53. The van der Waals surface area contributed by atoms with Gasteiger partial charge in [0.1, 0.15) is 17.6 Å². The van der Waals surface area contributed by atoms with E-state index in [9.17, 15) is 0 Å². The zero-order valence-electron chi connectivity index (χ0n) is 15.1. The molecule has 0 radical (unpaired) electrons. The van der Waals surface area contributed by atoms with Gasteiger partial charge in [-0.05, 0) is 25.1 Å². The van der Waals surface area contributed by atoms with Gasteiger partial charge in [0.15, 0.2) is 11.5 Å². The number of aryl methyl sites for hydroxylation is 1. The Balaban J connectivity index is 1.78. The number of hydrogen-bond acceptors (Lipinski definition) is 6. The number of benzene rings is 1. The molecule has 0 spiro atoms. The summed E-state index contributed by atoms with van der Waals surface area (Å²) in [6.45, 7) is 2.02. The molecule has 9 heteroatoms. The summed E-state index contributed by atoms with van der Waals surface area (Å²) >= 11 is 6.42. The predicted octanol–water partition coefficient (Wildman–Crippen LogP) is 3.59. The van der Waals surface area contributed by atoms with Crippen LogP contribution in [0.15, 0.2) is 37.1 Å². The molecule has 1 aromatic carbocycles. The first-order chi connectivity index (χ1) is 13.1. The van der Waals surface area contributed by atoms with Gasteiger partial charge in [-0.15, -0.1) is 0 Å². The number of fused-ring (bicyclic) bond motifs is 1. The van der Waals surface area contributed by atoms with Crippen LogP contribution < -0.4 is 10.1 Å². The summed E-state index contributed by atoms with van der Waals surface area (Å²) in [5.74, 6) is 1.37. The van der Waals surface area contributed by atoms with Gasteiger partial charge in [-0.25, -0.2) is 15.0 Å². The first kappa shape index (κ1) is 17.3.